The Morgan fingerprint density at radius 3 is 0.750 bits per heavy atom. The second kappa shape index (κ2) is 18.4. The number of rotatable bonds is 0. The maximum Gasteiger partial charge on any atom is 4.00 e. The van der Waals surface area contributed by atoms with Gasteiger partial charge in [0.2, 0.25) is 0 Å². The second-order valence-corrected chi connectivity index (χ2v) is 0. The van der Waals surface area contributed by atoms with Crippen LogP contribution in [0.5, 0.6) is 0 Å². The van der Waals surface area contributed by atoms with Crippen LogP contribution in [0.4, 0.5) is 0 Å². The van der Waals surface area contributed by atoms with Gasteiger partial charge < -0.3 is 11.0 Å². The van der Waals surface area contributed by atoms with Gasteiger partial charge in [-0.05, 0) is 0 Å². The average Bonchev–Trinajstić information content (AvgIpc) is 0. The Balaban J connectivity index is 0. The molecule has 0 aliphatic carbocycles. The SMILES string of the molecule is [O-2].[O-2].[Yb].[Zr+4]. The van der Waals surface area contributed by atoms with Crippen LogP contribution in [0, 0.1) is 46.9 Å². The van der Waals surface area contributed by atoms with Gasteiger partial charge >= 0.3 is 26.2 Å². The fourth-order valence-corrected chi connectivity index (χ4v) is 0. The summed E-state index contributed by atoms with van der Waals surface area (Å²) in [6.45, 7) is 0. The first kappa shape index (κ1) is 33.2. The Morgan fingerprint density at radius 1 is 0.750 bits per heavy atom. The molecule has 0 aromatic carbocycles. The van der Waals surface area contributed by atoms with E-state index in [1.807, 2.05) is 0 Å². The summed E-state index contributed by atoms with van der Waals surface area (Å²) in [5.74, 6) is 0. The molecule has 0 N–H and O–H groups in total. The molecule has 0 aromatic heterocycles. The van der Waals surface area contributed by atoms with Gasteiger partial charge in [0.05, 0.1) is 0 Å². The average molecular weight is 296 g/mol. The quantitative estimate of drug-likeness (QED) is 0.592. The first-order chi connectivity index (χ1) is 0. The number of hydrogen-bond donors (Lipinski definition) is 0. The van der Waals surface area contributed by atoms with Crippen molar-refractivity contribution in [2.45, 2.75) is 0 Å². The van der Waals surface area contributed by atoms with E-state index in [1.165, 1.54) is 0 Å². The van der Waals surface area contributed by atoms with Gasteiger partial charge in [0.15, 0.2) is 0 Å². The monoisotopic (exact) mass is 296 g/mol. The molecule has 0 aromatic rings. The molecule has 0 rings (SSSR count). The molecule has 0 aliphatic heterocycles. The summed E-state index contributed by atoms with van der Waals surface area (Å²) in [5, 5.41) is 0. The zero-order valence-electron chi connectivity index (χ0n) is 1.58. The van der Waals surface area contributed by atoms with Crippen molar-refractivity contribution in [1.82, 2.24) is 0 Å². The molecule has 0 saturated carbocycles. The summed E-state index contributed by atoms with van der Waals surface area (Å²) in [6, 6.07) is 0. The molecule has 4 heteroatoms. The summed E-state index contributed by atoms with van der Waals surface area (Å²) in [4.78, 5) is 0. The van der Waals surface area contributed by atoms with Crippen molar-refractivity contribution < 1.29 is 84.1 Å². The Hall–Kier alpha value is 2.32. The van der Waals surface area contributed by atoms with Crippen LogP contribution in [0.1, 0.15) is 0 Å². The minimum absolute atomic E-state index is 0. The minimum Gasteiger partial charge on any atom is -2.00 e. The van der Waals surface area contributed by atoms with Crippen LogP contribution < -0.4 is 0 Å². The van der Waals surface area contributed by atoms with Crippen molar-refractivity contribution in [1.29, 1.82) is 0 Å². The van der Waals surface area contributed by atoms with Gasteiger partial charge in [-0.2, -0.15) is 0 Å². The molecule has 0 amide bonds. The molecule has 0 bridgehead atoms. The van der Waals surface area contributed by atoms with Crippen LogP contribution in [0.25, 0.3) is 0 Å². The Labute approximate surface area is 82.3 Å². The summed E-state index contributed by atoms with van der Waals surface area (Å²) >= 11 is 0. The van der Waals surface area contributed by atoms with Crippen LogP contribution >= 0.6 is 0 Å². The van der Waals surface area contributed by atoms with E-state index >= 15 is 0 Å². The van der Waals surface area contributed by atoms with Crippen molar-refractivity contribution in [2.75, 3.05) is 0 Å². The minimum atomic E-state index is 0. The van der Waals surface area contributed by atoms with E-state index in [2.05, 4.69) is 0 Å². The van der Waals surface area contributed by atoms with Crippen LogP contribution in [0.3, 0.4) is 0 Å². The topological polar surface area (TPSA) is 57.0 Å². The van der Waals surface area contributed by atoms with Crippen LogP contribution in [-0.2, 0) is 37.2 Å². The molecule has 0 heterocycles. The van der Waals surface area contributed by atoms with Gasteiger partial charge in [0, 0.05) is 46.9 Å². The van der Waals surface area contributed by atoms with Gasteiger partial charge in [0.1, 0.15) is 0 Å². The third-order valence-corrected chi connectivity index (χ3v) is 0. The molecule has 0 saturated heterocycles. The molecule has 2 nitrogen and oxygen atoms in total. The van der Waals surface area contributed by atoms with E-state index in [-0.39, 0.29) is 84.1 Å². The molecule has 4 heavy (non-hydrogen) atoms. The smallest absolute Gasteiger partial charge is 2.00 e. The third kappa shape index (κ3) is 8.85. The van der Waals surface area contributed by atoms with Crippen molar-refractivity contribution in [3.63, 3.8) is 0 Å². The zero-order chi connectivity index (χ0) is 0. The largest absolute Gasteiger partial charge is 4.00 e. The van der Waals surface area contributed by atoms with Crippen molar-refractivity contribution in [3.05, 3.63) is 0 Å². The Bertz CT molecular complexity index is 6.00. The van der Waals surface area contributed by atoms with Gasteiger partial charge in [-0.25, -0.2) is 0 Å². The van der Waals surface area contributed by atoms with Gasteiger partial charge in [-0.1, -0.05) is 0 Å². The molecular weight excluding hydrogens is 296 g/mol. The fourth-order valence-electron chi connectivity index (χ4n) is 0. The molecule has 0 fully saturated rings. The molecule has 0 aliphatic rings. The predicted molar refractivity (Wildman–Crippen MR) is 1.37 cm³/mol. The molecule has 0 radical (unpaired) electrons. The van der Waals surface area contributed by atoms with E-state index < -0.39 is 0 Å². The summed E-state index contributed by atoms with van der Waals surface area (Å²) in [7, 11) is 0. The molecule has 30 valence electrons. The normalized spacial score (nSPS) is 0. The first-order valence-corrected chi connectivity index (χ1v) is 0. The standard InChI is InChI=1S/2O.Yb.Zr/q2*-2;;+4. The van der Waals surface area contributed by atoms with E-state index in [1.54, 1.807) is 0 Å². The Kier molecular flexibility index (Phi) is 153. The molecule has 0 atom stereocenters. The molecule has 0 unspecified atom stereocenters. The van der Waals surface area contributed by atoms with Crippen LogP contribution in [0.2, 0.25) is 0 Å². The zero-order valence-corrected chi connectivity index (χ0v) is 5.76. The number of hydrogen-bond acceptors (Lipinski definition) is 0. The van der Waals surface area contributed by atoms with Crippen molar-refractivity contribution >= 4 is 0 Å². The van der Waals surface area contributed by atoms with Gasteiger partial charge in [0.25, 0.3) is 0 Å². The maximum atomic E-state index is 0. The third-order valence-electron chi connectivity index (χ3n) is 0. The Morgan fingerprint density at radius 2 is 0.750 bits per heavy atom. The fraction of sp³-hybridized carbons (Fsp3) is 0. The van der Waals surface area contributed by atoms with Gasteiger partial charge in [-0.3, -0.25) is 0 Å². The summed E-state index contributed by atoms with van der Waals surface area (Å²) in [5.41, 5.74) is 0. The van der Waals surface area contributed by atoms with Crippen molar-refractivity contribution in [3.8, 4) is 0 Å². The van der Waals surface area contributed by atoms with Crippen LogP contribution in [-0.4, -0.2) is 0 Å². The van der Waals surface area contributed by atoms with E-state index in [9.17, 15) is 0 Å². The van der Waals surface area contributed by atoms with Crippen molar-refractivity contribution in [2.24, 2.45) is 0 Å². The second-order valence-electron chi connectivity index (χ2n) is 0. The van der Waals surface area contributed by atoms with E-state index in [0.29, 0.717) is 0 Å². The van der Waals surface area contributed by atoms with Gasteiger partial charge in [-0.15, -0.1) is 0 Å². The molecule has 0 spiro atoms. The van der Waals surface area contributed by atoms with Crippen LogP contribution in [0.15, 0.2) is 0 Å². The first-order valence-electron chi connectivity index (χ1n) is 0. The summed E-state index contributed by atoms with van der Waals surface area (Å²) in [6.07, 6.45) is 0. The molecular formula is O2YbZr. The van der Waals surface area contributed by atoms with E-state index in [0.717, 1.165) is 0 Å². The van der Waals surface area contributed by atoms with E-state index in [4.69, 9.17) is 0 Å². The maximum absolute atomic E-state index is 0. The summed E-state index contributed by atoms with van der Waals surface area (Å²) < 4.78 is 0. The predicted octanol–water partition coefficient (Wildman–Crippen LogP) is -0.240.